The van der Waals surface area contributed by atoms with E-state index in [0.717, 1.165) is 25.1 Å². The van der Waals surface area contributed by atoms with Crippen LogP contribution in [0.25, 0.3) is 6.08 Å². The van der Waals surface area contributed by atoms with Crippen molar-refractivity contribution in [1.29, 1.82) is 0 Å². The number of carbonyl (C=O) groups excluding carboxylic acids is 3. The van der Waals surface area contributed by atoms with E-state index in [9.17, 15) is 19.5 Å². The predicted molar refractivity (Wildman–Crippen MR) is 201 cm³/mol. The number of phenols is 1. The lowest BCUT2D eigenvalue weighted by Crippen LogP contribution is -2.72. The van der Waals surface area contributed by atoms with E-state index in [2.05, 4.69) is 30.9 Å². The van der Waals surface area contributed by atoms with Crippen LogP contribution in [0, 0.1) is 11.8 Å². The zero-order valence-corrected chi connectivity index (χ0v) is 32.3. The van der Waals surface area contributed by atoms with Crippen molar-refractivity contribution in [1.82, 2.24) is 9.80 Å². The second-order valence-electron chi connectivity index (χ2n) is 17.1. The van der Waals surface area contributed by atoms with Crippen molar-refractivity contribution in [3.63, 3.8) is 0 Å². The highest BCUT2D eigenvalue weighted by molar-refractivity contribution is 6.19. The van der Waals surface area contributed by atoms with Gasteiger partial charge in [0.05, 0.1) is 11.2 Å². The lowest BCUT2D eigenvalue weighted by atomic mass is 9.51. The largest absolute Gasteiger partial charge is 0.506 e. The van der Waals surface area contributed by atoms with Gasteiger partial charge in [0.25, 0.3) is 0 Å². The number of amides is 1. The smallest absolute Gasteiger partial charge is 0.249 e. The number of rotatable bonds is 8. The lowest BCUT2D eigenvalue weighted by Gasteiger charge is -2.56. The molecular weight excluding hydrogens is 656 g/mol. The van der Waals surface area contributed by atoms with Crippen LogP contribution in [0.1, 0.15) is 103 Å². The van der Waals surface area contributed by atoms with Gasteiger partial charge < -0.3 is 29.1 Å². The number of fused-ring (bicyclic) bond motifs is 2. The summed E-state index contributed by atoms with van der Waals surface area (Å²) in [5, 5.41) is 11.9. The predicted octanol–water partition coefficient (Wildman–Crippen LogP) is 6.93. The first-order valence-electron chi connectivity index (χ1n) is 18.9. The average molecular weight is 711 g/mol. The van der Waals surface area contributed by atoms with Crippen molar-refractivity contribution >= 4 is 23.5 Å². The first-order chi connectivity index (χ1) is 24.4. The molecule has 9 nitrogen and oxygen atoms in total. The molecule has 5 atom stereocenters. The maximum absolute atomic E-state index is 15.0. The zero-order chi connectivity index (χ0) is 37.5. The normalized spacial score (nSPS) is 31.2. The Kier molecular flexibility index (Phi) is 8.81. The van der Waals surface area contributed by atoms with Gasteiger partial charge in [-0.25, -0.2) is 0 Å². The molecule has 1 N–H and O–H groups in total. The minimum absolute atomic E-state index is 0.0654. The second-order valence-corrected chi connectivity index (χ2v) is 17.1. The van der Waals surface area contributed by atoms with Crippen LogP contribution in [0.5, 0.6) is 17.2 Å². The van der Waals surface area contributed by atoms with E-state index in [4.69, 9.17) is 14.2 Å². The van der Waals surface area contributed by atoms with Crippen LogP contribution < -0.4 is 9.47 Å². The number of hydrogen-bond acceptors (Lipinski definition) is 8. The Bertz CT molecular complexity index is 1900. The van der Waals surface area contributed by atoms with Gasteiger partial charge in [-0.05, 0) is 100 Å². The standard InChI is InChI=1S/C43H54N2O7/c1-25(2)11-10-16-41(8)17-15-29-34(46)33-35(47)31-23-28-24-32-40(6,7)52-42(38(28)48,18-14-27(5)39(49)45-21-19-44(9)20-22-45)43(31,32)51-37(33)30(36(29)50-41)13-12-26(3)4/h11-12,14-15,17,23,28,32,46H,10,13,16,18-22,24H2,1-9H3/b27-14-. The number of piperazine rings is 1. The molecule has 4 heterocycles. The molecule has 52 heavy (non-hydrogen) atoms. The topological polar surface area (TPSA) is 106 Å². The molecule has 3 aliphatic carbocycles. The molecule has 1 saturated carbocycles. The van der Waals surface area contributed by atoms with Crippen molar-refractivity contribution in [2.75, 3.05) is 33.2 Å². The summed E-state index contributed by atoms with van der Waals surface area (Å²) < 4.78 is 21.1. The van der Waals surface area contributed by atoms with Gasteiger partial charge in [-0.3, -0.25) is 14.4 Å². The summed E-state index contributed by atoms with van der Waals surface area (Å²) >= 11 is 0. The van der Waals surface area contributed by atoms with Crippen molar-refractivity contribution in [2.45, 2.75) is 110 Å². The Labute approximate surface area is 308 Å². The molecule has 0 aromatic heterocycles. The summed E-state index contributed by atoms with van der Waals surface area (Å²) in [5.74, 6) is -0.895. The van der Waals surface area contributed by atoms with Gasteiger partial charge in [-0.15, -0.1) is 0 Å². The minimum atomic E-state index is -1.55. The number of phenolic OH excluding ortho intramolecular Hbond substituents is 1. The Balaban J connectivity index is 1.37. The van der Waals surface area contributed by atoms with Gasteiger partial charge in [-0.1, -0.05) is 35.5 Å². The maximum Gasteiger partial charge on any atom is 0.249 e. The van der Waals surface area contributed by atoms with E-state index in [0.29, 0.717) is 60.4 Å². The van der Waals surface area contributed by atoms with Crippen molar-refractivity contribution in [2.24, 2.45) is 11.8 Å². The van der Waals surface area contributed by atoms with E-state index >= 15 is 0 Å². The van der Waals surface area contributed by atoms with Crippen LogP contribution in [-0.4, -0.2) is 88.0 Å². The van der Waals surface area contributed by atoms with E-state index in [1.165, 1.54) is 5.57 Å². The molecule has 1 aromatic carbocycles. The van der Waals surface area contributed by atoms with E-state index < -0.39 is 28.3 Å². The molecule has 4 aliphatic heterocycles. The third kappa shape index (κ3) is 5.44. The summed E-state index contributed by atoms with van der Waals surface area (Å²) in [7, 11) is 2.05. The van der Waals surface area contributed by atoms with Crippen LogP contribution >= 0.6 is 0 Å². The van der Waals surface area contributed by atoms with E-state index in [1.54, 1.807) is 13.0 Å². The molecule has 3 fully saturated rings. The van der Waals surface area contributed by atoms with Crippen LogP contribution in [-0.2, 0) is 20.7 Å². The molecule has 278 valence electrons. The van der Waals surface area contributed by atoms with Gasteiger partial charge in [0, 0.05) is 61.1 Å². The summed E-state index contributed by atoms with van der Waals surface area (Å²) in [6.07, 6.45) is 14.1. The Morgan fingerprint density at radius 2 is 1.65 bits per heavy atom. The van der Waals surface area contributed by atoms with Crippen LogP contribution in [0.15, 0.2) is 52.7 Å². The summed E-state index contributed by atoms with van der Waals surface area (Å²) in [6, 6.07) is 0. The third-order valence-corrected chi connectivity index (χ3v) is 12.3. The SMILES string of the molecule is CC(C)=CCCC1(C)C=Cc2c(O)c3c(c(CC=C(C)C)c2O1)OC12C(=CC4CC1C(C)(C)OC2(C/C=C(/C)C(=O)N1CCN(C)CC1)C4=O)C3=O. The Hall–Kier alpha value is -3.95. The second kappa shape index (κ2) is 12.6. The summed E-state index contributed by atoms with van der Waals surface area (Å²) in [5.41, 5.74) is -0.0913. The zero-order valence-electron chi connectivity index (χ0n) is 32.3. The molecule has 1 amide bonds. The highest BCUT2D eigenvalue weighted by Gasteiger charge is 2.81. The molecular formula is C43H54N2O7. The number of hydrogen-bond donors (Lipinski definition) is 1. The highest BCUT2D eigenvalue weighted by Crippen LogP contribution is 2.68. The molecule has 4 bridgehead atoms. The van der Waals surface area contributed by atoms with Gasteiger partial charge in [-0.2, -0.15) is 0 Å². The third-order valence-electron chi connectivity index (χ3n) is 12.3. The molecule has 1 aromatic rings. The van der Waals surface area contributed by atoms with E-state index in [-0.39, 0.29) is 46.9 Å². The number of nitrogens with zero attached hydrogens (tertiary/aromatic N) is 2. The maximum atomic E-state index is 15.0. The van der Waals surface area contributed by atoms with Crippen molar-refractivity contribution in [3.8, 4) is 17.2 Å². The van der Waals surface area contributed by atoms with E-state index in [1.807, 2.05) is 64.8 Å². The van der Waals surface area contributed by atoms with Crippen LogP contribution in [0.4, 0.5) is 0 Å². The highest BCUT2D eigenvalue weighted by atomic mass is 16.6. The molecule has 5 unspecified atom stereocenters. The van der Waals surface area contributed by atoms with Crippen molar-refractivity contribution < 1.29 is 33.7 Å². The fraction of sp³-hybridized carbons (Fsp3) is 0.558. The lowest BCUT2D eigenvalue weighted by molar-refractivity contribution is -0.171. The van der Waals surface area contributed by atoms with Crippen LogP contribution in [0.2, 0.25) is 0 Å². The number of benzene rings is 1. The van der Waals surface area contributed by atoms with Crippen LogP contribution in [0.3, 0.4) is 0 Å². The fourth-order valence-corrected chi connectivity index (χ4v) is 9.43. The molecule has 7 aliphatic rings. The monoisotopic (exact) mass is 710 g/mol. The van der Waals surface area contributed by atoms with Gasteiger partial charge in [0.15, 0.2) is 22.8 Å². The quantitative estimate of drug-likeness (QED) is 0.229. The average Bonchev–Trinajstić information content (AvgIpc) is 3.23. The number of ether oxygens (including phenoxy) is 3. The number of ketones is 2. The fourth-order valence-electron chi connectivity index (χ4n) is 9.43. The molecule has 2 saturated heterocycles. The molecule has 1 spiro atoms. The first kappa shape index (κ1) is 36.4. The molecule has 8 rings (SSSR count). The van der Waals surface area contributed by atoms with Gasteiger partial charge in [0.2, 0.25) is 5.91 Å². The van der Waals surface area contributed by atoms with Gasteiger partial charge in [0.1, 0.15) is 28.4 Å². The number of Topliss-reactive ketones (excluding diaryl/α,β-unsaturated/α-hetero) is 2. The minimum Gasteiger partial charge on any atom is -0.506 e. The first-order valence-corrected chi connectivity index (χ1v) is 18.9. The molecule has 9 heteroatoms. The van der Waals surface area contributed by atoms with Crippen molar-refractivity contribution in [3.05, 3.63) is 69.4 Å². The number of allylic oxidation sites excluding steroid dienone is 5. The summed E-state index contributed by atoms with van der Waals surface area (Å²) in [4.78, 5) is 47.3. The summed E-state index contributed by atoms with van der Waals surface area (Å²) in [6.45, 7) is 18.8. The number of carbonyl (C=O) groups is 3. The Morgan fingerprint density at radius 3 is 2.33 bits per heavy atom. The molecule has 0 radical (unpaired) electrons. The number of likely N-dealkylation sites (N-methyl/N-ethyl adjacent to an activating group) is 1. The Morgan fingerprint density at radius 1 is 0.962 bits per heavy atom. The van der Waals surface area contributed by atoms with Gasteiger partial charge >= 0.3 is 0 Å². The number of aromatic hydroxyl groups is 1.